The summed E-state index contributed by atoms with van der Waals surface area (Å²) < 4.78 is 5.49. The molecule has 4 heteroatoms. The van der Waals surface area contributed by atoms with Gasteiger partial charge in [-0.25, -0.2) is 0 Å². The number of ether oxygens (including phenoxy) is 1. The summed E-state index contributed by atoms with van der Waals surface area (Å²) in [6, 6.07) is 13.5. The van der Waals surface area contributed by atoms with E-state index in [1.807, 2.05) is 12.1 Å². The molecule has 1 aliphatic heterocycles. The number of benzene rings is 2. The van der Waals surface area contributed by atoms with E-state index in [4.69, 9.17) is 21.6 Å². The first-order valence-electron chi connectivity index (χ1n) is 6.44. The fourth-order valence-corrected chi connectivity index (χ4v) is 2.46. The first-order valence-corrected chi connectivity index (χ1v) is 6.82. The highest BCUT2D eigenvalue weighted by Gasteiger charge is 2.12. The lowest BCUT2D eigenvalue weighted by atomic mass is 10.1. The van der Waals surface area contributed by atoms with Crippen LogP contribution in [0.5, 0.6) is 5.75 Å². The average Bonchev–Trinajstić information content (AvgIpc) is 2.94. The molecular formula is C16H13ClN2O. The Morgan fingerprint density at radius 3 is 3.00 bits per heavy atom. The van der Waals surface area contributed by atoms with Gasteiger partial charge in [0, 0.05) is 13.0 Å². The maximum atomic E-state index is 8.91. The largest absolute Gasteiger partial charge is 0.493 e. The minimum absolute atomic E-state index is 0.597. The third-order valence-corrected chi connectivity index (χ3v) is 3.66. The summed E-state index contributed by atoms with van der Waals surface area (Å²) in [5, 5.41) is 12.8. The van der Waals surface area contributed by atoms with Gasteiger partial charge in [0.15, 0.2) is 0 Å². The summed E-state index contributed by atoms with van der Waals surface area (Å²) in [7, 11) is 0. The monoisotopic (exact) mass is 284 g/mol. The van der Waals surface area contributed by atoms with Gasteiger partial charge >= 0.3 is 0 Å². The van der Waals surface area contributed by atoms with E-state index in [9.17, 15) is 0 Å². The summed E-state index contributed by atoms with van der Waals surface area (Å²) in [5.74, 6) is 0.985. The molecular weight excluding hydrogens is 272 g/mol. The Kier molecular flexibility index (Phi) is 3.49. The van der Waals surface area contributed by atoms with E-state index in [0.29, 0.717) is 17.1 Å². The molecule has 3 rings (SSSR count). The molecule has 1 heterocycles. The van der Waals surface area contributed by atoms with Crippen molar-refractivity contribution in [2.75, 3.05) is 11.9 Å². The average molecular weight is 285 g/mol. The van der Waals surface area contributed by atoms with Crippen LogP contribution in [0.2, 0.25) is 5.02 Å². The summed E-state index contributed by atoms with van der Waals surface area (Å²) >= 11 is 6.12. The topological polar surface area (TPSA) is 45.0 Å². The van der Waals surface area contributed by atoms with Crippen molar-refractivity contribution < 1.29 is 4.74 Å². The molecule has 2 aromatic rings. The lowest BCUT2D eigenvalue weighted by Crippen LogP contribution is -2.00. The summed E-state index contributed by atoms with van der Waals surface area (Å²) in [5.41, 5.74) is 3.80. The Morgan fingerprint density at radius 2 is 2.15 bits per heavy atom. The van der Waals surface area contributed by atoms with Crippen molar-refractivity contribution in [1.82, 2.24) is 0 Å². The second-order valence-corrected chi connectivity index (χ2v) is 5.11. The van der Waals surface area contributed by atoms with Gasteiger partial charge in [-0.3, -0.25) is 0 Å². The highest BCUT2D eigenvalue weighted by Crippen LogP contribution is 2.27. The third kappa shape index (κ3) is 2.56. The number of anilines is 1. The predicted octanol–water partition coefficient (Wildman–Crippen LogP) is 3.76. The smallest absolute Gasteiger partial charge is 0.122 e. The molecule has 0 atom stereocenters. The van der Waals surface area contributed by atoms with Crippen LogP contribution < -0.4 is 10.1 Å². The fraction of sp³-hybridized carbons (Fsp3) is 0.188. The number of nitrogens with zero attached hydrogens (tertiary/aromatic N) is 1. The maximum absolute atomic E-state index is 8.91. The maximum Gasteiger partial charge on any atom is 0.122 e. The Labute approximate surface area is 122 Å². The number of fused-ring (bicyclic) bond motifs is 1. The summed E-state index contributed by atoms with van der Waals surface area (Å²) in [6.45, 7) is 1.43. The molecule has 3 nitrogen and oxygen atoms in total. The van der Waals surface area contributed by atoms with Crippen LogP contribution in [-0.2, 0) is 13.0 Å². The number of hydrogen-bond donors (Lipinski definition) is 1. The van der Waals surface area contributed by atoms with E-state index >= 15 is 0 Å². The molecule has 0 radical (unpaired) electrons. The molecule has 0 fully saturated rings. The Morgan fingerprint density at radius 1 is 1.25 bits per heavy atom. The van der Waals surface area contributed by atoms with Gasteiger partial charge in [0.2, 0.25) is 0 Å². The second kappa shape index (κ2) is 5.44. The van der Waals surface area contributed by atoms with Crippen LogP contribution in [0.15, 0.2) is 36.4 Å². The molecule has 0 amide bonds. The zero-order valence-corrected chi connectivity index (χ0v) is 11.6. The van der Waals surface area contributed by atoms with E-state index in [2.05, 4.69) is 17.5 Å². The molecule has 0 unspecified atom stereocenters. The highest BCUT2D eigenvalue weighted by atomic mass is 35.5. The zero-order chi connectivity index (χ0) is 13.9. The van der Waals surface area contributed by atoms with Gasteiger partial charge in [-0.2, -0.15) is 5.26 Å². The van der Waals surface area contributed by atoms with Gasteiger partial charge in [-0.05, 0) is 35.4 Å². The zero-order valence-electron chi connectivity index (χ0n) is 10.8. The van der Waals surface area contributed by atoms with Crippen LogP contribution >= 0.6 is 11.6 Å². The molecule has 0 aromatic heterocycles. The molecule has 20 heavy (non-hydrogen) atoms. The van der Waals surface area contributed by atoms with Crippen LogP contribution in [0, 0.1) is 11.3 Å². The molecule has 100 valence electrons. The van der Waals surface area contributed by atoms with E-state index in [0.717, 1.165) is 24.5 Å². The van der Waals surface area contributed by atoms with Gasteiger partial charge in [-0.15, -0.1) is 0 Å². The fourth-order valence-electron chi connectivity index (χ4n) is 2.28. The standard InChI is InChI=1S/C16H13ClN2O/c17-14-3-1-11(9-18)8-15(14)19-10-12-2-4-16-13(7-12)5-6-20-16/h1-4,7-8,19H,5-6,10H2. The van der Waals surface area contributed by atoms with Crippen molar-refractivity contribution in [3.8, 4) is 11.8 Å². The van der Waals surface area contributed by atoms with E-state index in [1.165, 1.54) is 11.1 Å². The predicted molar refractivity (Wildman–Crippen MR) is 79.1 cm³/mol. The second-order valence-electron chi connectivity index (χ2n) is 4.70. The van der Waals surface area contributed by atoms with Crippen molar-refractivity contribution in [2.24, 2.45) is 0 Å². The van der Waals surface area contributed by atoms with Gasteiger partial charge in [0.25, 0.3) is 0 Å². The molecule has 1 N–H and O–H groups in total. The van der Waals surface area contributed by atoms with Crippen LogP contribution in [0.3, 0.4) is 0 Å². The van der Waals surface area contributed by atoms with E-state index in [1.54, 1.807) is 18.2 Å². The lowest BCUT2D eigenvalue weighted by Gasteiger charge is -2.09. The molecule has 0 bridgehead atoms. The van der Waals surface area contributed by atoms with Crippen molar-refractivity contribution >= 4 is 17.3 Å². The Bertz CT molecular complexity index is 691. The molecule has 0 saturated heterocycles. The van der Waals surface area contributed by atoms with Crippen molar-refractivity contribution in [3.63, 3.8) is 0 Å². The summed E-state index contributed by atoms with van der Waals surface area (Å²) in [6.07, 6.45) is 0.966. The lowest BCUT2D eigenvalue weighted by molar-refractivity contribution is 0.357. The van der Waals surface area contributed by atoms with Crippen molar-refractivity contribution in [1.29, 1.82) is 5.26 Å². The van der Waals surface area contributed by atoms with Crippen LogP contribution in [-0.4, -0.2) is 6.61 Å². The molecule has 2 aromatic carbocycles. The SMILES string of the molecule is N#Cc1ccc(Cl)c(NCc2ccc3c(c2)CCO3)c1. The number of hydrogen-bond acceptors (Lipinski definition) is 3. The molecule has 0 aliphatic carbocycles. The van der Waals surface area contributed by atoms with Gasteiger partial charge in [0.1, 0.15) is 5.75 Å². The van der Waals surface area contributed by atoms with Gasteiger partial charge in [0.05, 0.1) is 28.9 Å². The quantitative estimate of drug-likeness (QED) is 0.933. The minimum atomic E-state index is 0.597. The van der Waals surface area contributed by atoms with E-state index in [-0.39, 0.29) is 0 Å². The van der Waals surface area contributed by atoms with Gasteiger partial charge in [-0.1, -0.05) is 23.7 Å². The van der Waals surface area contributed by atoms with Crippen LogP contribution in [0.25, 0.3) is 0 Å². The third-order valence-electron chi connectivity index (χ3n) is 3.33. The molecule has 1 aliphatic rings. The first-order chi connectivity index (χ1) is 9.76. The van der Waals surface area contributed by atoms with Crippen LogP contribution in [0.1, 0.15) is 16.7 Å². The van der Waals surface area contributed by atoms with Crippen molar-refractivity contribution in [2.45, 2.75) is 13.0 Å². The highest BCUT2D eigenvalue weighted by molar-refractivity contribution is 6.33. The number of rotatable bonds is 3. The van der Waals surface area contributed by atoms with Crippen molar-refractivity contribution in [3.05, 3.63) is 58.1 Å². The Hall–Kier alpha value is -2.18. The van der Waals surface area contributed by atoms with Gasteiger partial charge < -0.3 is 10.1 Å². The summed E-state index contributed by atoms with van der Waals surface area (Å²) in [4.78, 5) is 0. The normalized spacial score (nSPS) is 12.4. The Balaban J connectivity index is 1.75. The number of nitriles is 1. The number of nitrogens with one attached hydrogen (secondary N) is 1. The number of halogens is 1. The first kappa shape index (κ1) is 12.8. The molecule has 0 saturated carbocycles. The molecule has 0 spiro atoms. The minimum Gasteiger partial charge on any atom is -0.493 e. The van der Waals surface area contributed by atoms with Crippen LogP contribution in [0.4, 0.5) is 5.69 Å². The van der Waals surface area contributed by atoms with E-state index < -0.39 is 0 Å².